The molecule has 3 heterocycles. The highest BCUT2D eigenvalue weighted by Crippen LogP contribution is 2.28. The van der Waals surface area contributed by atoms with Crippen molar-refractivity contribution in [1.29, 1.82) is 0 Å². The van der Waals surface area contributed by atoms with E-state index in [1.165, 1.54) is 0 Å². The number of aromatic nitrogens is 3. The zero-order chi connectivity index (χ0) is 17.2. The predicted octanol–water partition coefficient (Wildman–Crippen LogP) is 2.52. The van der Waals surface area contributed by atoms with Crippen LogP contribution in [0.4, 0.5) is 11.5 Å². The van der Waals surface area contributed by atoms with Gasteiger partial charge in [-0.2, -0.15) is 0 Å². The molecule has 1 saturated heterocycles. The highest BCUT2D eigenvalue weighted by molar-refractivity contribution is 5.94. The van der Waals surface area contributed by atoms with E-state index in [1.807, 2.05) is 12.3 Å². The van der Waals surface area contributed by atoms with Crippen molar-refractivity contribution in [3.8, 4) is 5.75 Å². The van der Waals surface area contributed by atoms with Crippen LogP contribution in [0.15, 0.2) is 42.9 Å². The normalized spacial score (nSPS) is 15.4. The fourth-order valence-corrected chi connectivity index (χ4v) is 3.28. The molecule has 1 amide bonds. The number of para-hydroxylation sites is 2. The van der Waals surface area contributed by atoms with E-state index < -0.39 is 0 Å². The summed E-state index contributed by atoms with van der Waals surface area (Å²) in [5.41, 5.74) is 1.28. The van der Waals surface area contributed by atoms with Crippen molar-refractivity contribution >= 4 is 28.4 Å². The number of carbonyl (C=O) groups is 1. The first-order valence-electron chi connectivity index (χ1n) is 8.34. The number of fused-ring (bicyclic) bond motifs is 1. The first-order valence-corrected chi connectivity index (χ1v) is 8.34. The molecule has 0 aliphatic carbocycles. The van der Waals surface area contributed by atoms with Crippen LogP contribution in [-0.4, -0.2) is 39.1 Å². The van der Waals surface area contributed by atoms with Gasteiger partial charge < -0.3 is 20.3 Å². The van der Waals surface area contributed by atoms with Crippen LogP contribution < -0.4 is 10.2 Å². The molecule has 1 aromatic carbocycles. The Morgan fingerprint density at radius 1 is 1.20 bits per heavy atom. The monoisotopic (exact) mass is 337 g/mol. The van der Waals surface area contributed by atoms with Crippen LogP contribution in [0.3, 0.4) is 0 Å². The largest absolute Gasteiger partial charge is 0.506 e. The molecule has 2 aromatic heterocycles. The maximum atomic E-state index is 12.5. The summed E-state index contributed by atoms with van der Waals surface area (Å²) in [4.78, 5) is 26.4. The molecule has 3 N–H and O–H groups in total. The van der Waals surface area contributed by atoms with Gasteiger partial charge >= 0.3 is 0 Å². The number of anilines is 2. The lowest BCUT2D eigenvalue weighted by Crippen LogP contribution is -2.38. The molecule has 25 heavy (non-hydrogen) atoms. The highest BCUT2D eigenvalue weighted by atomic mass is 16.3. The molecule has 7 heteroatoms. The van der Waals surface area contributed by atoms with Crippen molar-refractivity contribution in [1.82, 2.24) is 15.0 Å². The van der Waals surface area contributed by atoms with Crippen molar-refractivity contribution in [2.75, 3.05) is 23.3 Å². The molecular formula is C18H19N5O2. The van der Waals surface area contributed by atoms with Crippen LogP contribution in [0.1, 0.15) is 12.8 Å². The van der Waals surface area contributed by atoms with Gasteiger partial charge in [-0.15, -0.1) is 0 Å². The number of phenolic OH excluding ortho intramolecular Hbond substituents is 1. The van der Waals surface area contributed by atoms with E-state index in [2.05, 4.69) is 25.2 Å². The van der Waals surface area contributed by atoms with Gasteiger partial charge in [0, 0.05) is 25.2 Å². The van der Waals surface area contributed by atoms with Gasteiger partial charge in [-0.1, -0.05) is 12.1 Å². The summed E-state index contributed by atoms with van der Waals surface area (Å²) in [6.07, 6.45) is 4.91. The fourth-order valence-electron chi connectivity index (χ4n) is 3.28. The van der Waals surface area contributed by atoms with Crippen molar-refractivity contribution in [3.05, 3.63) is 42.9 Å². The molecule has 0 bridgehead atoms. The van der Waals surface area contributed by atoms with E-state index in [1.54, 1.807) is 30.6 Å². The summed E-state index contributed by atoms with van der Waals surface area (Å²) in [7, 11) is 0. The Hall–Kier alpha value is -3.09. The van der Waals surface area contributed by atoms with E-state index in [4.69, 9.17) is 0 Å². The smallest absolute Gasteiger partial charge is 0.227 e. The molecule has 3 aromatic rings. The molecule has 1 aliphatic rings. The van der Waals surface area contributed by atoms with E-state index in [0.717, 1.165) is 42.8 Å². The van der Waals surface area contributed by atoms with Gasteiger partial charge in [0.15, 0.2) is 0 Å². The number of aromatic hydroxyl groups is 1. The molecule has 0 saturated carbocycles. The SMILES string of the molecule is O=C(Nc1ccccc1O)C1CCN(c2ncnc3[nH]ccc23)CC1. The lowest BCUT2D eigenvalue weighted by atomic mass is 9.95. The molecule has 4 rings (SSSR count). The Kier molecular flexibility index (Phi) is 3.97. The van der Waals surface area contributed by atoms with E-state index in [-0.39, 0.29) is 17.6 Å². The predicted molar refractivity (Wildman–Crippen MR) is 95.6 cm³/mol. The second-order valence-electron chi connectivity index (χ2n) is 6.20. The molecule has 0 atom stereocenters. The minimum absolute atomic E-state index is 0.0457. The van der Waals surface area contributed by atoms with Crippen LogP contribution in [-0.2, 0) is 4.79 Å². The number of aromatic amines is 1. The Labute approximate surface area is 144 Å². The minimum atomic E-state index is -0.0700. The van der Waals surface area contributed by atoms with Gasteiger partial charge in [0.25, 0.3) is 0 Å². The number of piperidine rings is 1. The zero-order valence-electron chi connectivity index (χ0n) is 13.6. The van der Waals surface area contributed by atoms with Crippen molar-refractivity contribution in [2.24, 2.45) is 5.92 Å². The summed E-state index contributed by atoms with van der Waals surface area (Å²) in [6.45, 7) is 1.52. The third kappa shape index (κ3) is 3.00. The lowest BCUT2D eigenvalue weighted by molar-refractivity contribution is -0.120. The number of hydrogen-bond donors (Lipinski definition) is 3. The fraction of sp³-hybridized carbons (Fsp3) is 0.278. The van der Waals surface area contributed by atoms with Crippen LogP contribution in [0.25, 0.3) is 11.0 Å². The summed E-state index contributed by atoms with van der Waals surface area (Å²) in [6, 6.07) is 8.76. The van der Waals surface area contributed by atoms with Crippen molar-refractivity contribution in [2.45, 2.75) is 12.8 Å². The topological polar surface area (TPSA) is 94.1 Å². The third-order valence-corrected chi connectivity index (χ3v) is 4.66. The maximum Gasteiger partial charge on any atom is 0.227 e. The standard InChI is InChI=1S/C18H19N5O2/c24-15-4-2-1-3-14(15)22-18(25)12-6-9-23(10-7-12)17-13-5-8-19-16(13)20-11-21-17/h1-5,8,11-12,24H,6-7,9-10H2,(H,22,25)(H,19,20,21). The Morgan fingerprint density at radius 2 is 2.00 bits per heavy atom. The van der Waals surface area contributed by atoms with Gasteiger partial charge in [-0.3, -0.25) is 4.79 Å². The van der Waals surface area contributed by atoms with Gasteiger partial charge in [0.05, 0.1) is 11.1 Å². The number of H-pyrrole nitrogens is 1. The number of nitrogens with one attached hydrogen (secondary N) is 2. The highest BCUT2D eigenvalue weighted by Gasteiger charge is 2.27. The average Bonchev–Trinajstić information content (AvgIpc) is 3.12. The number of benzene rings is 1. The Morgan fingerprint density at radius 3 is 2.80 bits per heavy atom. The van der Waals surface area contributed by atoms with Gasteiger partial charge in [-0.25, -0.2) is 9.97 Å². The van der Waals surface area contributed by atoms with Crippen LogP contribution >= 0.6 is 0 Å². The number of rotatable bonds is 3. The van der Waals surface area contributed by atoms with Crippen LogP contribution in [0.5, 0.6) is 5.75 Å². The van der Waals surface area contributed by atoms with Crippen molar-refractivity contribution < 1.29 is 9.90 Å². The molecular weight excluding hydrogens is 318 g/mol. The maximum absolute atomic E-state index is 12.5. The van der Waals surface area contributed by atoms with Crippen LogP contribution in [0.2, 0.25) is 0 Å². The first kappa shape index (κ1) is 15.4. The second kappa shape index (κ2) is 6.43. The molecule has 128 valence electrons. The Bertz CT molecular complexity index is 899. The summed E-state index contributed by atoms with van der Waals surface area (Å²) >= 11 is 0. The minimum Gasteiger partial charge on any atom is -0.506 e. The van der Waals surface area contributed by atoms with Gasteiger partial charge in [0.1, 0.15) is 23.5 Å². The Balaban J connectivity index is 1.42. The molecule has 0 unspecified atom stereocenters. The number of carbonyl (C=O) groups excluding carboxylic acids is 1. The third-order valence-electron chi connectivity index (χ3n) is 4.66. The molecule has 0 radical (unpaired) electrons. The van der Waals surface area contributed by atoms with E-state index >= 15 is 0 Å². The zero-order valence-corrected chi connectivity index (χ0v) is 13.6. The first-order chi connectivity index (χ1) is 12.2. The number of hydrogen-bond acceptors (Lipinski definition) is 5. The van der Waals surface area contributed by atoms with Gasteiger partial charge in [0.2, 0.25) is 5.91 Å². The number of nitrogens with zero attached hydrogens (tertiary/aromatic N) is 3. The molecule has 1 fully saturated rings. The summed E-state index contributed by atoms with van der Waals surface area (Å²) in [5, 5.41) is 13.6. The van der Waals surface area contributed by atoms with Crippen LogP contribution in [0, 0.1) is 5.92 Å². The quantitative estimate of drug-likeness (QED) is 0.639. The number of amides is 1. The van der Waals surface area contributed by atoms with E-state index in [0.29, 0.717) is 5.69 Å². The summed E-state index contributed by atoms with van der Waals surface area (Å²) < 4.78 is 0. The van der Waals surface area contributed by atoms with Crippen molar-refractivity contribution in [3.63, 3.8) is 0 Å². The molecule has 7 nitrogen and oxygen atoms in total. The number of phenols is 1. The van der Waals surface area contributed by atoms with E-state index in [9.17, 15) is 9.90 Å². The average molecular weight is 337 g/mol. The lowest BCUT2D eigenvalue weighted by Gasteiger charge is -2.32. The molecule has 1 aliphatic heterocycles. The van der Waals surface area contributed by atoms with Gasteiger partial charge in [-0.05, 0) is 31.0 Å². The second-order valence-corrected chi connectivity index (χ2v) is 6.20. The molecule has 0 spiro atoms. The summed E-state index contributed by atoms with van der Waals surface area (Å²) in [5.74, 6) is 0.880.